The summed E-state index contributed by atoms with van der Waals surface area (Å²) < 4.78 is 11.2. The predicted octanol–water partition coefficient (Wildman–Crippen LogP) is 1.47. The maximum Gasteiger partial charge on any atom is 0.0898 e. The zero-order valence-corrected chi connectivity index (χ0v) is 11.5. The van der Waals surface area contributed by atoms with Gasteiger partial charge >= 0.3 is 0 Å². The van der Waals surface area contributed by atoms with Crippen molar-refractivity contribution in [3.05, 3.63) is 0 Å². The topological polar surface area (TPSA) is 50.7 Å². The summed E-state index contributed by atoms with van der Waals surface area (Å²) in [5.41, 5.74) is 0.0204. The summed E-state index contributed by atoms with van der Waals surface area (Å²) in [6.07, 6.45) is 7.04. The number of aliphatic hydroxyl groups excluding tert-OH is 1. The lowest BCUT2D eigenvalue weighted by atomic mass is 9.95. The van der Waals surface area contributed by atoms with E-state index in [1.165, 1.54) is 12.8 Å². The maximum atomic E-state index is 9.93. The zero-order valence-electron chi connectivity index (χ0n) is 11.5. The SMILES string of the molecule is CC1(NCC(O)COC2CCCC2)CCCOC1. The fourth-order valence-electron chi connectivity index (χ4n) is 2.80. The van der Waals surface area contributed by atoms with Crippen molar-refractivity contribution in [3.63, 3.8) is 0 Å². The Bertz CT molecular complexity index is 235. The molecular formula is C14H27NO3. The van der Waals surface area contributed by atoms with Crippen LogP contribution >= 0.6 is 0 Å². The van der Waals surface area contributed by atoms with Crippen molar-refractivity contribution in [3.8, 4) is 0 Å². The summed E-state index contributed by atoms with van der Waals surface area (Å²) in [4.78, 5) is 0. The van der Waals surface area contributed by atoms with Crippen LogP contribution in [0, 0.1) is 0 Å². The van der Waals surface area contributed by atoms with Crippen molar-refractivity contribution in [1.82, 2.24) is 5.32 Å². The lowest BCUT2D eigenvalue weighted by molar-refractivity contribution is -0.0165. The molecule has 18 heavy (non-hydrogen) atoms. The van der Waals surface area contributed by atoms with Gasteiger partial charge in [0.2, 0.25) is 0 Å². The molecule has 1 aliphatic heterocycles. The van der Waals surface area contributed by atoms with Gasteiger partial charge in [0.1, 0.15) is 0 Å². The summed E-state index contributed by atoms with van der Waals surface area (Å²) in [7, 11) is 0. The van der Waals surface area contributed by atoms with Gasteiger partial charge in [-0.2, -0.15) is 0 Å². The molecule has 1 heterocycles. The number of nitrogens with one attached hydrogen (secondary N) is 1. The Morgan fingerprint density at radius 2 is 2.17 bits per heavy atom. The van der Waals surface area contributed by atoms with Crippen LogP contribution in [-0.4, -0.2) is 49.2 Å². The molecule has 2 aliphatic rings. The number of ether oxygens (including phenoxy) is 2. The maximum absolute atomic E-state index is 9.93. The third-order valence-corrected chi connectivity index (χ3v) is 4.03. The van der Waals surface area contributed by atoms with Gasteiger partial charge in [-0.25, -0.2) is 0 Å². The predicted molar refractivity (Wildman–Crippen MR) is 70.7 cm³/mol. The summed E-state index contributed by atoms with van der Waals surface area (Å²) in [6, 6.07) is 0. The minimum Gasteiger partial charge on any atom is -0.389 e. The lowest BCUT2D eigenvalue weighted by Crippen LogP contribution is -2.51. The fraction of sp³-hybridized carbons (Fsp3) is 1.00. The molecule has 1 saturated heterocycles. The van der Waals surface area contributed by atoms with Crippen LogP contribution < -0.4 is 5.32 Å². The monoisotopic (exact) mass is 257 g/mol. The molecule has 4 nitrogen and oxygen atoms in total. The number of aliphatic hydroxyl groups is 1. The Morgan fingerprint density at radius 1 is 1.39 bits per heavy atom. The summed E-state index contributed by atoms with van der Waals surface area (Å²) >= 11 is 0. The van der Waals surface area contributed by atoms with Gasteiger partial charge in [0.25, 0.3) is 0 Å². The first-order valence-corrected chi connectivity index (χ1v) is 7.30. The van der Waals surface area contributed by atoms with E-state index in [2.05, 4.69) is 12.2 Å². The second-order valence-electron chi connectivity index (χ2n) is 5.99. The highest BCUT2D eigenvalue weighted by atomic mass is 16.5. The number of hydrogen-bond acceptors (Lipinski definition) is 4. The number of β-amino-alcohol motifs (C(OH)–C–C–N with tert-alkyl or cyclic N) is 1. The van der Waals surface area contributed by atoms with Crippen molar-refractivity contribution < 1.29 is 14.6 Å². The van der Waals surface area contributed by atoms with Gasteiger partial charge in [0.15, 0.2) is 0 Å². The molecule has 2 atom stereocenters. The second kappa shape index (κ2) is 6.85. The zero-order chi connectivity index (χ0) is 12.8. The molecular weight excluding hydrogens is 230 g/mol. The molecule has 0 spiro atoms. The summed E-state index contributed by atoms with van der Waals surface area (Å²) in [6.45, 7) is 4.81. The molecule has 2 fully saturated rings. The van der Waals surface area contributed by atoms with Crippen LogP contribution in [0.5, 0.6) is 0 Å². The standard InChI is InChI=1S/C14H27NO3/c1-14(7-4-8-17-11-14)15-9-12(16)10-18-13-5-2-3-6-13/h12-13,15-16H,2-11H2,1H3. The molecule has 0 amide bonds. The minimum atomic E-state index is -0.413. The van der Waals surface area contributed by atoms with E-state index in [0.717, 1.165) is 38.9 Å². The lowest BCUT2D eigenvalue weighted by Gasteiger charge is -2.35. The molecule has 2 unspecified atom stereocenters. The summed E-state index contributed by atoms with van der Waals surface area (Å²) in [5.74, 6) is 0. The largest absolute Gasteiger partial charge is 0.389 e. The fourth-order valence-corrected chi connectivity index (χ4v) is 2.80. The van der Waals surface area contributed by atoms with Crippen LogP contribution in [0.2, 0.25) is 0 Å². The molecule has 0 bridgehead atoms. The third kappa shape index (κ3) is 4.50. The quantitative estimate of drug-likeness (QED) is 0.756. The first-order chi connectivity index (χ1) is 8.68. The van der Waals surface area contributed by atoms with Gasteiger partial charge in [0, 0.05) is 18.7 Å². The van der Waals surface area contributed by atoms with E-state index in [0.29, 0.717) is 19.3 Å². The van der Waals surface area contributed by atoms with E-state index in [4.69, 9.17) is 9.47 Å². The number of rotatable bonds is 6. The first kappa shape index (κ1) is 14.3. The Hall–Kier alpha value is -0.160. The average molecular weight is 257 g/mol. The van der Waals surface area contributed by atoms with E-state index in [1.807, 2.05) is 0 Å². The van der Waals surface area contributed by atoms with Crippen LogP contribution in [0.3, 0.4) is 0 Å². The van der Waals surface area contributed by atoms with Gasteiger partial charge in [-0.3, -0.25) is 0 Å². The molecule has 106 valence electrons. The van der Waals surface area contributed by atoms with Gasteiger partial charge in [-0.05, 0) is 32.6 Å². The summed E-state index contributed by atoms with van der Waals surface area (Å²) in [5, 5.41) is 13.3. The van der Waals surface area contributed by atoms with Crippen LogP contribution in [0.25, 0.3) is 0 Å². The molecule has 1 saturated carbocycles. The molecule has 0 aromatic carbocycles. The van der Waals surface area contributed by atoms with Gasteiger partial charge < -0.3 is 19.9 Å². The molecule has 2 N–H and O–H groups in total. The van der Waals surface area contributed by atoms with Crippen molar-refractivity contribution >= 4 is 0 Å². The van der Waals surface area contributed by atoms with Crippen molar-refractivity contribution in [2.75, 3.05) is 26.4 Å². The highest BCUT2D eigenvalue weighted by Crippen LogP contribution is 2.21. The highest BCUT2D eigenvalue weighted by molar-refractivity contribution is 4.86. The van der Waals surface area contributed by atoms with E-state index in [1.54, 1.807) is 0 Å². The van der Waals surface area contributed by atoms with Gasteiger partial charge in [-0.1, -0.05) is 12.8 Å². The normalized spacial score (nSPS) is 31.7. The molecule has 0 aromatic heterocycles. The highest BCUT2D eigenvalue weighted by Gasteiger charge is 2.27. The molecule has 4 heteroatoms. The molecule has 0 radical (unpaired) electrons. The van der Waals surface area contributed by atoms with Gasteiger partial charge in [-0.15, -0.1) is 0 Å². The van der Waals surface area contributed by atoms with E-state index in [-0.39, 0.29) is 5.54 Å². The Balaban J connectivity index is 1.59. The van der Waals surface area contributed by atoms with E-state index in [9.17, 15) is 5.11 Å². The van der Waals surface area contributed by atoms with Crippen LogP contribution in [0.15, 0.2) is 0 Å². The average Bonchev–Trinajstić information content (AvgIpc) is 2.88. The van der Waals surface area contributed by atoms with Crippen molar-refractivity contribution in [2.24, 2.45) is 0 Å². The Kier molecular flexibility index (Phi) is 5.42. The number of hydrogen-bond donors (Lipinski definition) is 2. The van der Waals surface area contributed by atoms with Crippen LogP contribution in [0.1, 0.15) is 45.4 Å². The Morgan fingerprint density at radius 3 is 2.83 bits per heavy atom. The molecule has 0 aromatic rings. The van der Waals surface area contributed by atoms with E-state index >= 15 is 0 Å². The first-order valence-electron chi connectivity index (χ1n) is 7.30. The van der Waals surface area contributed by atoms with Gasteiger partial charge in [0.05, 0.1) is 25.4 Å². The van der Waals surface area contributed by atoms with Crippen LogP contribution in [-0.2, 0) is 9.47 Å². The second-order valence-corrected chi connectivity index (χ2v) is 5.99. The minimum absolute atomic E-state index is 0.0204. The molecule has 1 aliphatic carbocycles. The molecule has 2 rings (SSSR count). The smallest absolute Gasteiger partial charge is 0.0898 e. The van der Waals surface area contributed by atoms with Crippen molar-refractivity contribution in [1.29, 1.82) is 0 Å². The van der Waals surface area contributed by atoms with E-state index < -0.39 is 6.10 Å². The Labute approximate surface area is 110 Å². The van der Waals surface area contributed by atoms with Crippen molar-refractivity contribution in [2.45, 2.75) is 63.2 Å². The third-order valence-electron chi connectivity index (χ3n) is 4.03. The van der Waals surface area contributed by atoms with Crippen LogP contribution in [0.4, 0.5) is 0 Å².